The Balaban J connectivity index is 2.31. The van der Waals surface area contributed by atoms with Crippen molar-refractivity contribution in [2.24, 2.45) is 11.1 Å². The van der Waals surface area contributed by atoms with Gasteiger partial charge < -0.3 is 4.90 Å². The van der Waals surface area contributed by atoms with E-state index in [0.29, 0.717) is 5.56 Å². The van der Waals surface area contributed by atoms with Gasteiger partial charge in [0, 0.05) is 24.9 Å². The number of amides is 1. The van der Waals surface area contributed by atoms with Gasteiger partial charge in [-0.25, -0.2) is 13.6 Å². The van der Waals surface area contributed by atoms with Crippen molar-refractivity contribution in [3.05, 3.63) is 33.9 Å². The second-order valence-electron chi connectivity index (χ2n) is 5.15. The van der Waals surface area contributed by atoms with Crippen molar-refractivity contribution in [1.82, 2.24) is 0 Å². The summed E-state index contributed by atoms with van der Waals surface area (Å²) in [5.74, 6) is -1.10. The van der Waals surface area contributed by atoms with Gasteiger partial charge >= 0.3 is 0 Å². The van der Waals surface area contributed by atoms with Gasteiger partial charge in [-0.1, -0.05) is 6.07 Å². The summed E-state index contributed by atoms with van der Waals surface area (Å²) in [6.45, 7) is 1.82. The molecule has 21 heavy (non-hydrogen) atoms. The van der Waals surface area contributed by atoms with E-state index in [-0.39, 0.29) is 36.0 Å². The van der Waals surface area contributed by atoms with Crippen molar-refractivity contribution in [3.63, 3.8) is 0 Å². The number of sulfonamides is 1. The van der Waals surface area contributed by atoms with E-state index >= 15 is 0 Å². The molecule has 1 saturated heterocycles. The van der Waals surface area contributed by atoms with Gasteiger partial charge in [-0.2, -0.15) is 0 Å². The largest absolute Gasteiger partial charge is 0.306 e. The number of carbonyl (C=O) groups is 1. The van der Waals surface area contributed by atoms with Crippen molar-refractivity contribution in [2.45, 2.75) is 13.3 Å². The van der Waals surface area contributed by atoms with Crippen LogP contribution in [0.2, 0.25) is 0 Å². The summed E-state index contributed by atoms with van der Waals surface area (Å²) in [5.41, 5.74) is 0.727. The van der Waals surface area contributed by atoms with Crippen LogP contribution in [0.4, 0.5) is 11.4 Å². The number of primary sulfonamides is 1. The summed E-state index contributed by atoms with van der Waals surface area (Å²) < 4.78 is 22.2. The van der Waals surface area contributed by atoms with Gasteiger partial charge in [0.1, 0.15) is 5.69 Å². The van der Waals surface area contributed by atoms with Crippen LogP contribution in [0.5, 0.6) is 0 Å². The van der Waals surface area contributed by atoms with E-state index < -0.39 is 20.9 Å². The molecule has 1 unspecified atom stereocenters. The van der Waals surface area contributed by atoms with E-state index in [9.17, 15) is 23.3 Å². The Kier molecular flexibility index (Phi) is 3.97. The van der Waals surface area contributed by atoms with Crippen LogP contribution in [0, 0.1) is 23.0 Å². The zero-order chi connectivity index (χ0) is 15.8. The topological polar surface area (TPSA) is 124 Å². The summed E-state index contributed by atoms with van der Waals surface area (Å²) in [4.78, 5) is 23.8. The zero-order valence-electron chi connectivity index (χ0n) is 11.4. The molecule has 114 valence electrons. The SMILES string of the molecule is Cc1ccc(N2CC(CS(N)(=O)=O)CC2=O)c([N+](=O)[O-])c1. The Morgan fingerprint density at radius 1 is 1.48 bits per heavy atom. The molecule has 1 atom stereocenters. The van der Waals surface area contributed by atoms with Crippen molar-refractivity contribution in [1.29, 1.82) is 0 Å². The van der Waals surface area contributed by atoms with E-state index in [0.717, 1.165) is 0 Å². The first-order valence-corrected chi connectivity index (χ1v) is 7.95. The van der Waals surface area contributed by atoms with Crippen LogP contribution in [0.3, 0.4) is 0 Å². The fourth-order valence-electron chi connectivity index (χ4n) is 2.46. The van der Waals surface area contributed by atoms with Crippen LogP contribution in [0.15, 0.2) is 18.2 Å². The Morgan fingerprint density at radius 2 is 2.14 bits per heavy atom. The molecule has 0 bridgehead atoms. The molecule has 0 saturated carbocycles. The molecule has 0 spiro atoms. The number of aryl methyl sites for hydroxylation is 1. The predicted octanol–water partition coefficient (Wildman–Crippen LogP) is 0.545. The van der Waals surface area contributed by atoms with Gasteiger partial charge in [-0.15, -0.1) is 0 Å². The first-order chi connectivity index (χ1) is 9.67. The number of benzene rings is 1. The van der Waals surface area contributed by atoms with Gasteiger partial charge in [0.05, 0.1) is 10.7 Å². The lowest BCUT2D eigenvalue weighted by atomic mass is 10.1. The minimum absolute atomic E-state index is 0.0153. The lowest BCUT2D eigenvalue weighted by Crippen LogP contribution is -2.28. The third-order valence-corrected chi connectivity index (χ3v) is 4.23. The fraction of sp³-hybridized carbons (Fsp3) is 0.417. The molecule has 1 heterocycles. The Bertz CT molecular complexity index is 701. The maximum absolute atomic E-state index is 12.0. The Labute approximate surface area is 121 Å². The van der Waals surface area contributed by atoms with Crippen LogP contribution in [0.1, 0.15) is 12.0 Å². The number of nitrogens with zero attached hydrogens (tertiary/aromatic N) is 2. The molecular formula is C12H15N3O5S. The number of nitro groups is 1. The molecule has 2 rings (SSSR count). The third-order valence-electron chi connectivity index (χ3n) is 3.29. The highest BCUT2D eigenvalue weighted by atomic mass is 32.2. The van der Waals surface area contributed by atoms with Gasteiger partial charge in [0.15, 0.2) is 0 Å². The second-order valence-corrected chi connectivity index (χ2v) is 6.81. The molecule has 1 amide bonds. The highest BCUT2D eigenvalue weighted by molar-refractivity contribution is 7.89. The number of rotatable bonds is 4. The maximum atomic E-state index is 12.0. The Hall–Kier alpha value is -2.00. The van der Waals surface area contributed by atoms with Crippen molar-refractivity contribution in [3.8, 4) is 0 Å². The first kappa shape index (κ1) is 15.4. The molecule has 9 heteroatoms. The highest BCUT2D eigenvalue weighted by Crippen LogP contribution is 2.33. The smallest absolute Gasteiger partial charge is 0.293 e. The van der Waals surface area contributed by atoms with E-state index in [1.165, 1.54) is 17.0 Å². The quantitative estimate of drug-likeness (QED) is 0.642. The summed E-state index contributed by atoms with van der Waals surface area (Å²) in [6, 6.07) is 4.56. The molecule has 2 N–H and O–H groups in total. The van der Waals surface area contributed by atoms with Gasteiger partial charge in [0.2, 0.25) is 15.9 Å². The molecule has 1 aromatic carbocycles. The number of nitro benzene ring substituents is 1. The standard InChI is InChI=1S/C12H15N3O5S/c1-8-2-3-10(11(4-8)15(17)18)14-6-9(5-12(14)16)7-21(13,19)20/h2-4,9H,5-7H2,1H3,(H2,13,19,20). The summed E-state index contributed by atoms with van der Waals surface area (Å²) in [5, 5.41) is 16.1. The maximum Gasteiger partial charge on any atom is 0.293 e. The number of hydrogen-bond acceptors (Lipinski definition) is 5. The van der Waals surface area contributed by atoms with Crippen LogP contribution in [0.25, 0.3) is 0 Å². The molecule has 1 fully saturated rings. The molecule has 0 aromatic heterocycles. The summed E-state index contributed by atoms with van der Waals surface area (Å²) in [7, 11) is -3.68. The number of carbonyl (C=O) groups excluding carboxylic acids is 1. The molecular weight excluding hydrogens is 298 g/mol. The average molecular weight is 313 g/mol. The van der Waals surface area contributed by atoms with Crippen molar-refractivity contribution in [2.75, 3.05) is 17.2 Å². The minimum atomic E-state index is -3.68. The van der Waals surface area contributed by atoms with Crippen LogP contribution < -0.4 is 10.0 Å². The number of hydrogen-bond donors (Lipinski definition) is 1. The summed E-state index contributed by atoms with van der Waals surface area (Å²) in [6.07, 6.45) is 0.0153. The third kappa shape index (κ3) is 3.56. The van der Waals surface area contributed by atoms with Crippen LogP contribution in [-0.2, 0) is 14.8 Å². The second kappa shape index (κ2) is 5.41. The van der Waals surface area contributed by atoms with Crippen LogP contribution in [-0.4, -0.2) is 31.5 Å². The minimum Gasteiger partial charge on any atom is -0.306 e. The monoisotopic (exact) mass is 313 g/mol. The van der Waals surface area contributed by atoms with Crippen LogP contribution >= 0.6 is 0 Å². The van der Waals surface area contributed by atoms with E-state index in [2.05, 4.69) is 0 Å². The molecule has 0 aliphatic carbocycles. The van der Waals surface area contributed by atoms with Gasteiger partial charge in [-0.05, 0) is 18.6 Å². The lowest BCUT2D eigenvalue weighted by Gasteiger charge is -2.17. The fourth-order valence-corrected chi connectivity index (χ4v) is 3.34. The normalized spacial score (nSPS) is 19.0. The zero-order valence-corrected chi connectivity index (χ0v) is 12.2. The lowest BCUT2D eigenvalue weighted by molar-refractivity contribution is -0.384. The van der Waals surface area contributed by atoms with E-state index in [1.54, 1.807) is 13.0 Å². The first-order valence-electron chi connectivity index (χ1n) is 6.23. The molecule has 1 aliphatic rings. The Morgan fingerprint density at radius 3 is 2.71 bits per heavy atom. The molecule has 1 aromatic rings. The van der Waals surface area contributed by atoms with Crippen molar-refractivity contribution < 1.29 is 18.1 Å². The summed E-state index contributed by atoms with van der Waals surface area (Å²) >= 11 is 0. The van der Waals surface area contributed by atoms with Crippen molar-refractivity contribution >= 4 is 27.3 Å². The van der Waals surface area contributed by atoms with Gasteiger partial charge in [-0.3, -0.25) is 14.9 Å². The molecule has 0 radical (unpaired) electrons. The number of nitrogens with two attached hydrogens (primary N) is 1. The average Bonchev–Trinajstić information content (AvgIpc) is 2.67. The highest BCUT2D eigenvalue weighted by Gasteiger charge is 2.35. The van der Waals surface area contributed by atoms with E-state index in [1.807, 2.05) is 0 Å². The number of anilines is 1. The molecule has 1 aliphatic heterocycles. The molecule has 8 nitrogen and oxygen atoms in total. The predicted molar refractivity (Wildman–Crippen MR) is 76.3 cm³/mol. The van der Waals surface area contributed by atoms with E-state index in [4.69, 9.17) is 5.14 Å². The van der Waals surface area contributed by atoms with Gasteiger partial charge in [0.25, 0.3) is 5.69 Å².